The lowest BCUT2D eigenvalue weighted by Gasteiger charge is -2.29. The smallest absolute Gasteiger partial charge is 0.335 e. The van der Waals surface area contributed by atoms with E-state index in [1.54, 1.807) is 19.1 Å². The van der Waals surface area contributed by atoms with Crippen molar-refractivity contribution in [1.29, 1.82) is 0 Å². The van der Waals surface area contributed by atoms with Crippen molar-refractivity contribution in [3.8, 4) is 0 Å². The fraction of sp³-hybridized carbons (Fsp3) is 0.273. The number of nitrogens with one attached hydrogen (secondary N) is 3. The summed E-state index contributed by atoms with van der Waals surface area (Å²) >= 11 is -2.47. The Bertz CT molecular complexity index is 1020. The Morgan fingerprint density at radius 1 is 1.12 bits per heavy atom. The number of ether oxygens (including phenoxy) is 1. The highest BCUT2D eigenvalue weighted by Gasteiger charge is 2.29. The molecule has 32 heavy (non-hydrogen) atoms. The molecule has 8 nitrogen and oxygen atoms in total. The van der Waals surface area contributed by atoms with E-state index in [4.69, 9.17) is 4.74 Å². The van der Waals surface area contributed by atoms with Gasteiger partial charge in [0.15, 0.2) is 0 Å². The molecule has 0 aromatic heterocycles. The van der Waals surface area contributed by atoms with E-state index in [1.807, 2.05) is 0 Å². The molecule has 1 aliphatic rings. The van der Waals surface area contributed by atoms with E-state index >= 15 is 0 Å². The lowest BCUT2D eigenvalue weighted by atomic mass is 9.91. The molecule has 0 saturated heterocycles. The van der Waals surface area contributed by atoms with E-state index in [1.165, 1.54) is 36.4 Å². The van der Waals surface area contributed by atoms with Crippen molar-refractivity contribution >= 4 is 34.5 Å². The minimum Gasteiger partial charge on any atom is -0.755 e. The van der Waals surface area contributed by atoms with Crippen molar-refractivity contribution in [3.63, 3.8) is 0 Å². The Balaban J connectivity index is 1.86. The molecule has 2 aromatic carbocycles. The van der Waals surface area contributed by atoms with Crippen molar-refractivity contribution in [2.45, 2.75) is 32.2 Å². The molecule has 2 unspecified atom stereocenters. The molecule has 0 spiro atoms. The maximum absolute atomic E-state index is 13.3. The van der Waals surface area contributed by atoms with Gasteiger partial charge in [0.1, 0.15) is 5.82 Å². The van der Waals surface area contributed by atoms with Crippen LogP contribution in [0.5, 0.6) is 0 Å². The number of esters is 1. The maximum atomic E-state index is 13.3. The lowest BCUT2D eigenvalue weighted by molar-refractivity contribution is -0.138. The third-order valence-electron chi connectivity index (χ3n) is 4.90. The normalized spacial score (nSPS) is 16.8. The molecule has 10 heteroatoms. The average Bonchev–Trinajstić information content (AvgIpc) is 2.76. The summed E-state index contributed by atoms with van der Waals surface area (Å²) in [4.78, 5) is 25.4. The average molecular weight is 461 g/mol. The number of carbonyl (C=O) groups is 2. The highest BCUT2D eigenvalue weighted by Crippen LogP contribution is 2.28. The van der Waals surface area contributed by atoms with Crippen LogP contribution in [0.3, 0.4) is 0 Å². The van der Waals surface area contributed by atoms with E-state index in [0.717, 1.165) is 0 Å². The highest BCUT2D eigenvalue weighted by atomic mass is 32.2. The van der Waals surface area contributed by atoms with Gasteiger partial charge < -0.3 is 24.6 Å². The zero-order valence-corrected chi connectivity index (χ0v) is 18.2. The van der Waals surface area contributed by atoms with Crippen molar-refractivity contribution in [2.24, 2.45) is 0 Å². The van der Waals surface area contributed by atoms with Crippen LogP contribution in [0.25, 0.3) is 0 Å². The first-order chi connectivity index (χ1) is 15.4. The van der Waals surface area contributed by atoms with Gasteiger partial charge in [-0.1, -0.05) is 0 Å². The Morgan fingerprint density at radius 2 is 1.78 bits per heavy atom. The van der Waals surface area contributed by atoms with Crippen LogP contribution in [-0.4, -0.2) is 33.3 Å². The molecule has 0 heterocycles. The van der Waals surface area contributed by atoms with E-state index in [0.29, 0.717) is 41.9 Å². The van der Waals surface area contributed by atoms with Crippen LogP contribution in [-0.2, 0) is 20.8 Å². The van der Waals surface area contributed by atoms with Gasteiger partial charge in [0.25, 0.3) is 5.91 Å². The summed E-state index contributed by atoms with van der Waals surface area (Å²) in [6.07, 6.45) is 1.81. The third kappa shape index (κ3) is 6.14. The molecule has 170 valence electrons. The minimum absolute atomic E-state index is 0.204. The summed E-state index contributed by atoms with van der Waals surface area (Å²) in [6, 6.07) is 11.3. The van der Waals surface area contributed by atoms with Crippen LogP contribution in [0.2, 0.25) is 0 Å². The van der Waals surface area contributed by atoms with Gasteiger partial charge >= 0.3 is 5.97 Å². The Hall–Kier alpha value is -3.24. The van der Waals surface area contributed by atoms with Gasteiger partial charge in [-0.15, -0.1) is 0 Å². The second-order valence-electron chi connectivity index (χ2n) is 7.08. The molecule has 2 atom stereocenters. The largest absolute Gasteiger partial charge is 0.755 e. The van der Waals surface area contributed by atoms with Gasteiger partial charge in [0.2, 0.25) is 0 Å². The van der Waals surface area contributed by atoms with Crippen LogP contribution in [0, 0.1) is 5.82 Å². The van der Waals surface area contributed by atoms with Crippen molar-refractivity contribution in [3.05, 3.63) is 71.2 Å². The molecule has 0 saturated carbocycles. The fourth-order valence-corrected chi connectivity index (χ4v) is 3.77. The number of carbonyl (C=O) groups excluding carboxylic acids is 2. The Labute approximate surface area is 187 Å². The number of rotatable bonds is 8. The molecular weight excluding hydrogens is 437 g/mol. The van der Waals surface area contributed by atoms with Crippen LogP contribution >= 0.6 is 0 Å². The second kappa shape index (κ2) is 10.9. The lowest BCUT2D eigenvalue weighted by Crippen LogP contribution is -2.39. The molecule has 1 amide bonds. The summed E-state index contributed by atoms with van der Waals surface area (Å²) in [5.74, 6) is -1.32. The van der Waals surface area contributed by atoms with E-state index in [9.17, 15) is 22.7 Å². The standard InChI is InChI=1S/C22H24FN3O5S/c1-2-31-22(28)18-4-3-5-19(24-16-12-8-15(23)9-13-16)20(18)25-21(27)14-6-10-17(11-7-14)26-32(29)30/h6-13,19,24,26H,2-5H2,1H3,(H,25,27)(H,29,30)/p-1. The maximum Gasteiger partial charge on any atom is 0.335 e. The zero-order chi connectivity index (χ0) is 23.1. The van der Waals surface area contributed by atoms with Crippen LogP contribution in [0.4, 0.5) is 15.8 Å². The first kappa shape index (κ1) is 23.4. The fourth-order valence-electron chi connectivity index (χ4n) is 3.44. The van der Waals surface area contributed by atoms with Gasteiger partial charge in [-0.3, -0.25) is 9.00 Å². The minimum atomic E-state index is -2.47. The molecule has 0 bridgehead atoms. The summed E-state index contributed by atoms with van der Waals surface area (Å²) in [6.45, 7) is 1.91. The van der Waals surface area contributed by atoms with E-state index < -0.39 is 23.1 Å². The molecule has 1 aliphatic carbocycles. The first-order valence-electron chi connectivity index (χ1n) is 10.1. The number of halogens is 1. The zero-order valence-electron chi connectivity index (χ0n) is 17.4. The number of hydrogen-bond acceptors (Lipinski definition) is 6. The summed E-state index contributed by atoms with van der Waals surface area (Å²) < 4.78 is 42.1. The summed E-state index contributed by atoms with van der Waals surface area (Å²) in [5, 5.41) is 6.07. The van der Waals surface area contributed by atoms with E-state index in [2.05, 4.69) is 15.4 Å². The number of hydrogen-bond donors (Lipinski definition) is 3. The highest BCUT2D eigenvalue weighted by molar-refractivity contribution is 7.80. The number of anilines is 2. The quantitative estimate of drug-likeness (QED) is 0.411. The van der Waals surface area contributed by atoms with Gasteiger partial charge in [-0.05, 0) is 74.7 Å². The van der Waals surface area contributed by atoms with Crippen LogP contribution in [0.1, 0.15) is 36.5 Å². The Kier molecular flexibility index (Phi) is 7.96. The van der Waals surface area contributed by atoms with E-state index in [-0.39, 0.29) is 24.0 Å². The van der Waals surface area contributed by atoms with Crippen molar-refractivity contribution in [1.82, 2.24) is 5.32 Å². The SMILES string of the molecule is CCOC(=O)C1=C(NC(=O)c2ccc(NS(=O)[O-])cc2)C(Nc2ccc(F)cc2)CCC1. The molecule has 2 aromatic rings. The molecule has 0 aliphatic heterocycles. The van der Waals surface area contributed by atoms with Crippen LogP contribution < -0.4 is 15.4 Å². The van der Waals surface area contributed by atoms with Crippen LogP contribution in [0.15, 0.2) is 59.8 Å². The Morgan fingerprint density at radius 3 is 2.41 bits per heavy atom. The number of benzene rings is 2. The molecule has 3 N–H and O–H groups in total. The van der Waals surface area contributed by atoms with Gasteiger partial charge in [-0.25, -0.2) is 9.18 Å². The number of amides is 1. The predicted octanol–water partition coefficient (Wildman–Crippen LogP) is 3.24. The topological polar surface area (TPSA) is 120 Å². The molecular formula is C22H23FN3O5S-. The molecule has 0 fully saturated rings. The predicted molar refractivity (Wildman–Crippen MR) is 118 cm³/mol. The van der Waals surface area contributed by atoms with Crippen molar-refractivity contribution in [2.75, 3.05) is 16.6 Å². The van der Waals surface area contributed by atoms with Gasteiger partial charge in [-0.2, -0.15) is 0 Å². The molecule has 3 rings (SSSR count). The molecule has 0 radical (unpaired) electrons. The van der Waals surface area contributed by atoms with Gasteiger partial charge in [0.05, 0.1) is 23.9 Å². The summed E-state index contributed by atoms with van der Waals surface area (Å²) in [5.41, 5.74) is 2.04. The monoisotopic (exact) mass is 460 g/mol. The van der Waals surface area contributed by atoms with Crippen molar-refractivity contribution < 1.29 is 27.5 Å². The first-order valence-corrected chi connectivity index (χ1v) is 11.1. The summed E-state index contributed by atoms with van der Waals surface area (Å²) in [7, 11) is 0. The van der Waals surface area contributed by atoms with Gasteiger partial charge in [0, 0.05) is 28.2 Å². The second-order valence-corrected chi connectivity index (χ2v) is 7.75. The third-order valence-corrected chi connectivity index (χ3v) is 5.30.